The summed E-state index contributed by atoms with van der Waals surface area (Å²) in [6.07, 6.45) is 3.27. The van der Waals surface area contributed by atoms with E-state index in [1.54, 1.807) is 0 Å². The number of aryl methyl sites for hydroxylation is 1. The number of allylic oxidation sites excluding steroid dienone is 1. The van der Waals surface area contributed by atoms with Gasteiger partial charge >= 0.3 is 0 Å². The molecule has 1 aliphatic rings. The lowest BCUT2D eigenvalue weighted by Crippen LogP contribution is -2.22. The van der Waals surface area contributed by atoms with Crippen LogP contribution in [-0.4, -0.2) is 33.7 Å². The van der Waals surface area contributed by atoms with Crippen molar-refractivity contribution in [3.63, 3.8) is 0 Å². The quantitative estimate of drug-likeness (QED) is 0.629. The first-order chi connectivity index (χ1) is 13.2. The lowest BCUT2D eigenvalue weighted by atomic mass is 10.2. The summed E-state index contributed by atoms with van der Waals surface area (Å²) in [4.78, 5) is 0. The molecule has 1 aliphatic heterocycles. The number of nitrogens with zero attached hydrogens (tertiary/aromatic N) is 3. The van der Waals surface area contributed by atoms with Crippen molar-refractivity contribution in [1.29, 1.82) is 0 Å². The summed E-state index contributed by atoms with van der Waals surface area (Å²) in [5, 5.41) is 19.2. The average Bonchev–Trinajstić information content (AvgIpc) is 3.33. The Labute approximate surface area is 159 Å². The van der Waals surface area contributed by atoms with Gasteiger partial charge < -0.3 is 16.0 Å². The molecule has 6 nitrogen and oxygen atoms in total. The average molecular weight is 362 g/mol. The van der Waals surface area contributed by atoms with Crippen molar-refractivity contribution in [2.75, 3.05) is 18.4 Å². The highest BCUT2D eigenvalue weighted by molar-refractivity contribution is 5.71. The summed E-state index contributed by atoms with van der Waals surface area (Å²) < 4.78 is 2.11. The van der Waals surface area contributed by atoms with Gasteiger partial charge in [-0.2, -0.15) is 0 Å². The molecule has 1 saturated heterocycles. The van der Waals surface area contributed by atoms with Gasteiger partial charge in [0.05, 0.1) is 11.4 Å². The highest BCUT2D eigenvalue weighted by atomic mass is 15.3. The first-order valence-corrected chi connectivity index (χ1v) is 9.49. The van der Waals surface area contributed by atoms with Gasteiger partial charge in [-0.25, -0.2) is 0 Å². The Morgan fingerprint density at radius 2 is 2.07 bits per heavy atom. The summed E-state index contributed by atoms with van der Waals surface area (Å²) in [6.45, 7) is 6.94. The largest absolute Gasteiger partial charge is 0.384 e. The maximum Gasteiger partial charge on any atom is 0.184 e. The number of pyridine rings is 1. The van der Waals surface area contributed by atoms with Crippen LogP contribution in [0.5, 0.6) is 0 Å². The van der Waals surface area contributed by atoms with E-state index in [0.717, 1.165) is 54.6 Å². The Morgan fingerprint density at radius 1 is 1.22 bits per heavy atom. The van der Waals surface area contributed by atoms with Crippen molar-refractivity contribution < 1.29 is 0 Å². The van der Waals surface area contributed by atoms with Gasteiger partial charge in [-0.05, 0) is 50.6 Å². The molecule has 0 unspecified atom stereocenters. The van der Waals surface area contributed by atoms with Crippen LogP contribution in [0.3, 0.4) is 0 Å². The monoisotopic (exact) mass is 362 g/mol. The number of rotatable bonds is 6. The van der Waals surface area contributed by atoms with Crippen LogP contribution in [0, 0.1) is 6.92 Å². The van der Waals surface area contributed by atoms with Gasteiger partial charge in [0.15, 0.2) is 5.65 Å². The molecule has 4 rings (SSSR count). The number of hydrogen-bond donors (Lipinski definition) is 3. The van der Waals surface area contributed by atoms with E-state index in [1.807, 2.05) is 13.0 Å². The molecule has 27 heavy (non-hydrogen) atoms. The standard InChI is InChI=1S/C21H26N6/c1-15(23-13-17-6-4-3-5-7-17)12-19-8-9-20(24-18-10-11-22-14-18)21-26-25-16(2)27(19)21/h3-9,12,18,22-24H,10-11,13-14H2,1-2H3/b15-12-/t18-/m1/s1. The number of fused-ring (bicyclic) bond motifs is 1. The second kappa shape index (κ2) is 7.80. The van der Waals surface area contributed by atoms with Crippen molar-refractivity contribution in [3.05, 3.63) is 65.2 Å². The predicted octanol–water partition coefficient (Wildman–Crippen LogP) is 2.96. The maximum atomic E-state index is 4.40. The molecule has 1 fully saturated rings. The SMILES string of the molecule is C/C(=C/c1ccc(N[C@@H]2CCNC2)c2nnc(C)n12)NCc1ccccc1. The third-order valence-corrected chi connectivity index (χ3v) is 4.94. The predicted molar refractivity (Wildman–Crippen MR) is 110 cm³/mol. The van der Waals surface area contributed by atoms with E-state index in [1.165, 1.54) is 5.56 Å². The van der Waals surface area contributed by atoms with E-state index in [9.17, 15) is 0 Å². The Morgan fingerprint density at radius 3 is 2.85 bits per heavy atom. The molecule has 140 valence electrons. The van der Waals surface area contributed by atoms with Crippen molar-refractivity contribution >= 4 is 17.4 Å². The van der Waals surface area contributed by atoms with Crippen LogP contribution in [0.15, 0.2) is 48.2 Å². The Bertz CT molecular complexity index is 938. The topological polar surface area (TPSA) is 66.3 Å². The molecular formula is C21H26N6. The van der Waals surface area contributed by atoms with Crippen molar-refractivity contribution in [2.24, 2.45) is 0 Å². The number of anilines is 1. The number of aromatic nitrogens is 3. The molecule has 0 amide bonds. The molecule has 2 aromatic heterocycles. The van der Waals surface area contributed by atoms with Crippen LogP contribution in [0.25, 0.3) is 11.7 Å². The first-order valence-electron chi connectivity index (χ1n) is 9.49. The zero-order chi connectivity index (χ0) is 18.6. The summed E-state index contributed by atoms with van der Waals surface area (Å²) in [7, 11) is 0. The normalized spacial score (nSPS) is 17.4. The van der Waals surface area contributed by atoms with E-state index in [2.05, 4.69) is 79.9 Å². The zero-order valence-corrected chi connectivity index (χ0v) is 15.9. The molecule has 3 aromatic rings. The molecule has 0 bridgehead atoms. The molecule has 3 N–H and O–H groups in total. The van der Waals surface area contributed by atoms with Crippen LogP contribution in [0.1, 0.15) is 30.4 Å². The number of nitrogens with one attached hydrogen (secondary N) is 3. The fourth-order valence-electron chi connectivity index (χ4n) is 3.50. The Kier molecular flexibility index (Phi) is 5.07. The summed E-state index contributed by atoms with van der Waals surface area (Å²) in [5.41, 5.74) is 5.36. The van der Waals surface area contributed by atoms with Gasteiger partial charge in [0.25, 0.3) is 0 Å². The fourth-order valence-corrected chi connectivity index (χ4v) is 3.50. The van der Waals surface area contributed by atoms with Crippen molar-refractivity contribution in [3.8, 4) is 0 Å². The minimum atomic E-state index is 0.446. The minimum absolute atomic E-state index is 0.446. The van der Waals surface area contributed by atoms with Crippen molar-refractivity contribution in [1.82, 2.24) is 25.2 Å². The van der Waals surface area contributed by atoms with Gasteiger partial charge in [-0.1, -0.05) is 30.3 Å². The smallest absolute Gasteiger partial charge is 0.184 e. The molecule has 1 aromatic carbocycles. The molecule has 0 aliphatic carbocycles. The van der Waals surface area contributed by atoms with Gasteiger partial charge in [-0.3, -0.25) is 4.40 Å². The van der Waals surface area contributed by atoms with Gasteiger partial charge in [-0.15, -0.1) is 10.2 Å². The molecule has 1 atom stereocenters. The minimum Gasteiger partial charge on any atom is -0.384 e. The van der Waals surface area contributed by atoms with Crippen LogP contribution in [0.4, 0.5) is 5.69 Å². The highest BCUT2D eigenvalue weighted by Gasteiger charge is 2.17. The van der Waals surface area contributed by atoms with Crippen LogP contribution >= 0.6 is 0 Å². The number of benzene rings is 1. The van der Waals surface area contributed by atoms with E-state index in [4.69, 9.17) is 0 Å². The van der Waals surface area contributed by atoms with Crippen LogP contribution < -0.4 is 16.0 Å². The third kappa shape index (κ3) is 3.95. The molecule has 6 heteroatoms. The molecular weight excluding hydrogens is 336 g/mol. The second-order valence-corrected chi connectivity index (χ2v) is 7.08. The van der Waals surface area contributed by atoms with E-state index < -0.39 is 0 Å². The summed E-state index contributed by atoms with van der Waals surface area (Å²) in [5.74, 6) is 0.889. The van der Waals surface area contributed by atoms with Crippen LogP contribution in [0.2, 0.25) is 0 Å². The zero-order valence-electron chi connectivity index (χ0n) is 15.9. The summed E-state index contributed by atoms with van der Waals surface area (Å²) >= 11 is 0. The lowest BCUT2D eigenvalue weighted by molar-refractivity contribution is 0.793. The molecule has 0 radical (unpaired) electrons. The highest BCUT2D eigenvalue weighted by Crippen LogP contribution is 2.22. The second-order valence-electron chi connectivity index (χ2n) is 7.08. The van der Waals surface area contributed by atoms with E-state index in [0.29, 0.717) is 6.04 Å². The molecule has 0 saturated carbocycles. The van der Waals surface area contributed by atoms with E-state index in [-0.39, 0.29) is 0 Å². The first kappa shape index (κ1) is 17.5. The molecule has 3 heterocycles. The van der Waals surface area contributed by atoms with E-state index >= 15 is 0 Å². The van der Waals surface area contributed by atoms with Gasteiger partial charge in [0.2, 0.25) is 0 Å². The van der Waals surface area contributed by atoms with Gasteiger partial charge in [0.1, 0.15) is 5.82 Å². The maximum absolute atomic E-state index is 4.40. The Balaban J connectivity index is 1.57. The molecule has 0 spiro atoms. The van der Waals surface area contributed by atoms with Crippen molar-refractivity contribution in [2.45, 2.75) is 32.9 Å². The van der Waals surface area contributed by atoms with Gasteiger partial charge in [0, 0.05) is 24.8 Å². The van der Waals surface area contributed by atoms with Crippen LogP contribution in [-0.2, 0) is 6.54 Å². The third-order valence-electron chi connectivity index (χ3n) is 4.94. The number of hydrogen-bond acceptors (Lipinski definition) is 5. The Hall–Kier alpha value is -2.86. The lowest BCUT2D eigenvalue weighted by Gasteiger charge is -2.15. The fraction of sp³-hybridized carbons (Fsp3) is 0.333. The summed E-state index contributed by atoms with van der Waals surface area (Å²) in [6, 6.07) is 15.1.